The Morgan fingerprint density at radius 3 is 2.44 bits per heavy atom. The second kappa shape index (κ2) is 7.67. The number of aliphatic hydroxyl groups is 1. The van der Waals surface area contributed by atoms with Crippen molar-refractivity contribution in [3.05, 3.63) is 72.3 Å². The van der Waals surface area contributed by atoms with Crippen molar-refractivity contribution in [2.75, 3.05) is 11.9 Å². The maximum Gasteiger partial charge on any atom is 0.184 e. The number of fused-ring (bicyclic) bond motifs is 2. The average Bonchev–Trinajstić information content (AvgIpc) is 3.09. The molecule has 4 rings (SSSR count). The van der Waals surface area contributed by atoms with E-state index in [2.05, 4.69) is 67.7 Å². The molecule has 0 saturated heterocycles. The number of benzene rings is 3. The van der Waals surface area contributed by atoms with Crippen molar-refractivity contribution < 1.29 is 5.11 Å². The number of nitrogens with one attached hydrogen (secondary N) is 1. The highest BCUT2D eigenvalue weighted by Crippen LogP contribution is 2.35. The number of aromatic nitrogens is 1. The van der Waals surface area contributed by atoms with E-state index >= 15 is 0 Å². The molecule has 1 aromatic heterocycles. The molecule has 138 valence electrons. The summed E-state index contributed by atoms with van der Waals surface area (Å²) in [5.41, 5.74) is 2.19. The molecule has 0 radical (unpaired) electrons. The van der Waals surface area contributed by atoms with Crippen LogP contribution in [0.25, 0.3) is 21.0 Å². The second-order valence-corrected chi connectivity index (χ2v) is 8.34. The van der Waals surface area contributed by atoms with Gasteiger partial charge in [0.2, 0.25) is 0 Å². The van der Waals surface area contributed by atoms with Gasteiger partial charge in [-0.1, -0.05) is 73.7 Å². The van der Waals surface area contributed by atoms with Crippen LogP contribution in [0.3, 0.4) is 0 Å². The Balaban J connectivity index is 1.75. The lowest BCUT2D eigenvalue weighted by Crippen LogP contribution is -2.28. The molecule has 4 heteroatoms. The first-order valence-corrected chi connectivity index (χ1v) is 10.2. The highest BCUT2D eigenvalue weighted by atomic mass is 32.1. The van der Waals surface area contributed by atoms with Crippen LogP contribution in [0.4, 0.5) is 5.13 Å². The molecule has 0 aliphatic rings. The highest BCUT2D eigenvalue weighted by molar-refractivity contribution is 7.22. The summed E-state index contributed by atoms with van der Waals surface area (Å²) in [6.45, 7) is 4.46. The number of anilines is 1. The Morgan fingerprint density at radius 1 is 0.963 bits per heavy atom. The smallest absolute Gasteiger partial charge is 0.184 e. The Hall–Kier alpha value is -2.43. The van der Waals surface area contributed by atoms with Gasteiger partial charge in [0.1, 0.15) is 0 Å². The fourth-order valence-corrected chi connectivity index (χ4v) is 4.51. The molecule has 0 aliphatic heterocycles. The van der Waals surface area contributed by atoms with Crippen LogP contribution in [-0.2, 0) is 0 Å². The maximum atomic E-state index is 10.1. The van der Waals surface area contributed by atoms with Crippen LogP contribution in [0.1, 0.15) is 25.5 Å². The molecular weight excluding hydrogens is 352 g/mol. The van der Waals surface area contributed by atoms with Crippen LogP contribution in [0, 0.1) is 11.8 Å². The zero-order chi connectivity index (χ0) is 18.8. The molecule has 0 bridgehead atoms. The van der Waals surface area contributed by atoms with Gasteiger partial charge in [0.25, 0.3) is 0 Å². The van der Waals surface area contributed by atoms with E-state index in [1.54, 1.807) is 11.3 Å². The molecule has 3 nitrogen and oxygen atoms in total. The molecule has 2 N–H and O–H groups in total. The normalized spacial score (nSPS) is 13.9. The molecule has 2 atom stereocenters. The second-order valence-electron chi connectivity index (χ2n) is 7.31. The Labute approximate surface area is 163 Å². The first kappa shape index (κ1) is 18.0. The first-order chi connectivity index (χ1) is 13.2. The number of para-hydroxylation sites is 1. The predicted molar refractivity (Wildman–Crippen MR) is 115 cm³/mol. The summed E-state index contributed by atoms with van der Waals surface area (Å²) in [7, 11) is 0. The van der Waals surface area contributed by atoms with E-state index in [9.17, 15) is 5.11 Å². The number of aliphatic hydroxyl groups excluding tert-OH is 1. The van der Waals surface area contributed by atoms with Gasteiger partial charge < -0.3 is 10.4 Å². The quantitative estimate of drug-likeness (QED) is 0.442. The van der Waals surface area contributed by atoms with Crippen molar-refractivity contribution in [3.63, 3.8) is 0 Å². The number of rotatable bonds is 6. The zero-order valence-electron chi connectivity index (χ0n) is 15.6. The van der Waals surface area contributed by atoms with Crippen LogP contribution in [0.15, 0.2) is 66.7 Å². The van der Waals surface area contributed by atoms with Gasteiger partial charge in [0, 0.05) is 12.5 Å². The number of hydrogen-bond donors (Lipinski definition) is 2. The summed E-state index contributed by atoms with van der Waals surface area (Å²) in [6.07, 6.45) is 0. The lowest BCUT2D eigenvalue weighted by atomic mass is 9.84. The van der Waals surface area contributed by atoms with E-state index in [1.165, 1.54) is 21.0 Å². The minimum atomic E-state index is 0.000156. The van der Waals surface area contributed by atoms with E-state index < -0.39 is 0 Å². The summed E-state index contributed by atoms with van der Waals surface area (Å²) in [5, 5.41) is 17.1. The van der Waals surface area contributed by atoms with Crippen LogP contribution in [0.5, 0.6) is 0 Å². The van der Waals surface area contributed by atoms with Crippen LogP contribution in [0.2, 0.25) is 0 Å². The Morgan fingerprint density at radius 2 is 1.70 bits per heavy atom. The lowest BCUT2D eigenvalue weighted by molar-refractivity contribution is 0.172. The molecular formula is C23H24N2OS. The summed E-state index contributed by atoms with van der Waals surface area (Å²) >= 11 is 1.66. The number of hydrogen-bond acceptors (Lipinski definition) is 4. The summed E-state index contributed by atoms with van der Waals surface area (Å²) in [5.74, 6) is 0.437. The SMILES string of the molecule is CC(C)[C@H](CO)[C@H](Nc1nc2ccccc2s1)c1ccc2ccccc2c1. The van der Waals surface area contributed by atoms with Gasteiger partial charge in [-0.2, -0.15) is 0 Å². The van der Waals surface area contributed by atoms with E-state index in [1.807, 2.05) is 18.2 Å². The fraction of sp³-hybridized carbons (Fsp3) is 0.261. The van der Waals surface area contributed by atoms with Crippen LogP contribution >= 0.6 is 11.3 Å². The highest BCUT2D eigenvalue weighted by Gasteiger charge is 2.26. The third-order valence-electron chi connectivity index (χ3n) is 5.20. The minimum Gasteiger partial charge on any atom is -0.396 e. The van der Waals surface area contributed by atoms with E-state index in [-0.39, 0.29) is 18.6 Å². The summed E-state index contributed by atoms with van der Waals surface area (Å²) in [4.78, 5) is 4.74. The van der Waals surface area contributed by atoms with Gasteiger partial charge in [0.05, 0.1) is 16.3 Å². The van der Waals surface area contributed by atoms with Gasteiger partial charge in [-0.25, -0.2) is 4.98 Å². The van der Waals surface area contributed by atoms with Gasteiger partial charge in [-0.15, -0.1) is 0 Å². The molecule has 0 saturated carbocycles. The number of thiazole rings is 1. The van der Waals surface area contributed by atoms with Crippen molar-refractivity contribution in [1.82, 2.24) is 4.98 Å². The van der Waals surface area contributed by atoms with Crippen molar-refractivity contribution >= 4 is 37.5 Å². The minimum absolute atomic E-state index is 0.000156. The Kier molecular flexibility index (Phi) is 5.10. The summed E-state index contributed by atoms with van der Waals surface area (Å²) in [6, 6.07) is 23.1. The van der Waals surface area contributed by atoms with E-state index in [0.717, 1.165) is 10.6 Å². The average molecular weight is 377 g/mol. The van der Waals surface area contributed by atoms with Gasteiger partial charge >= 0.3 is 0 Å². The first-order valence-electron chi connectivity index (χ1n) is 9.37. The van der Waals surface area contributed by atoms with Crippen molar-refractivity contribution in [2.45, 2.75) is 19.9 Å². The molecule has 3 aromatic carbocycles. The zero-order valence-corrected chi connectivity index (χ0v) is 16.4. The van der Waals surface area contributed by atoms with Gasteiger partial charge in [-0.05, 0) is 40.5 Å². The largest absolute Gasteiger partial charge is 0.396 e. The lowest BCUT2D eigenvalue weighted by Gasteiger charge is -2.30. The molecule has 0 fully saturated rings. The van der Waals surface area contributed by atoms with Gasteiger partial charge in [0.15, 0.2) is 5.13 Å². The molecule has 0 unspecified atom stereocenters. The topological polar surface area (TPSA) is 45.1 Å². The van der Waals surface area contributed by atoms with Crippen LogP contribution in [-0.4, -0.2) is 16.7 Å². The standard InChI is InChI=1S/C23H24N2OS/c1-15(2)19(14-26)22(18-12-11-16-7-3-4-8-17(16)13-18)25-23-24-20-9-5-6-10-21(20)27-23/h3-13,15,19,22,26H,14H2,1-2H3,(H,24,25)/t19-,22+/m0/s1. The molecule has 4 aromatic rings. The maximum absolute atomic E-state index is 10.1. The molecule has 27 heavy (non-hydrogen) atoms. The van der Waals surface area contributed by atoms with Crippen molar-refractivity contribution in [2.24, 2.45) is 11.8 Å². The number of nitrogens with zero attached hydrogens (tertiary/aromatic N) is 1. The van der Waals surface area contributed by atoms with Crippen LogP contribution < -0.4 is 5.32 Å². The van der Waals surface area contributed by atoms with Gasteiger partial charge in [-0.3, -0.25) is 0 Å². The predicted octanol–water partition coefficient (Wildman–Crippen LogP) is 5.87. The Bertz CT molecular complexity index is 1020. The fourth-order valence-electron chi connectivity index (χ4n) is 3.61. The third kappa shape index (κ3) is 3.68. The monoisotopic (exact) mass is 376 g/mol. The van der Waals surface area contributed by atoms with Crippen molar-refractivity contribution in [3.8, 4) is 0 Å². The molecule has 0 aliphatic carbocycles. The van der Waals surface area contributed by atoms with E-state index in [0.29, 0.717) is 5.92 Å². The third-order valence-corrected chi connectivity index (χ3v) is 6.17. The summed E-state index contributed by atoms with van der Waals surface area (Å²) < 4.78 is 1.17. The molecule has 0 amide bonds. The molecule has 1 heterocycles. The van der Waals surface area contributed by atoms with E-state index in [4.69, 9.17) is 4.98 Å². The molecule has 0 spiro atoms. The van der Waals surface area contributed by atoms with Crippen molar-refractivity contribution in [1.29, 1.82) is 0 Å².